The van der Waals surface area contributed by atoms with Crippen molar-refractivity contribution in [2.45, 2.75) is 19.8 Å². The number of amides is 1. The van der Waals surface area contributed by atoms with Gasteiger partial charge in [0.25, 0.3) is 5.91 Å². The van der Waals surface area contributed by atoms with Gasteiger partial charge in [-0.3, -0.25) is 4.79 Å². The van der Waals surface area contributed by atoms with Crippen LogP contribution in [0.2, 0.25) is 0 Å². The van der Waals surface area contributed by atoms with E-state index in [1.807, 2.05) is 6.92 Å². The monoisotopic (exact) mass is 298 g/mol. The highest BCUT2D eigenvalue weighted by molar-refractivity contribution is 7.80. The first-order chi connectivity index (χ1) is 9.35. The Morgan fingerprint density at radius 1 is 1.30 bits per heavy atom. The molecule has 3 nitrogen and oxygen atoms in total. The van der Waals surface area contributed by atoms with Gasteiger partial charge in [-0.1, -0.05) is 25.2 Å². The van der Waals surface area contributed by atoms with Crippen LogP contribution >= 0.6 is 12.2 Å². The number of halogens is 2. The lowest BCUT2D eigenvalue weighted by Crippen LogP contribution is -2.47. The summed E-state index contributed by atoms with van der Waals surface area (Å²) in [7, 11) is 0. The van der Waals surface area contributed by atoms with Gasteiger partial charge in [0, 0.05) is 18.5 Å². The third-order valence-electron chi connectivity index (χ3n) is 3.93. The van der Waals surface area contributed by atoms with Crippen molar-refractivity contribution in [3.63, 3.8) is 0 Å². The molecule has 0 spiro atoms. The highest BCUT2D eigenvalue weighted by Crippen LogP contribution is 2.32. The van der Waals surface area contributed by atoms with E-state index in [0.29, 0.717) is 30.9 Å². The van der Waals surface area contributed by atoms with Gasteiger partial charge in [0.15, 0.2) is 0 Å². The van der Waals surface area contributed by atoms with Crippen LogP contribution < -0.4 is 5.73 Å². The van der Waals surface area contributed by atoms with E-state index in [2.05, 4.69) is 0 Å². The Balaban J connectivity index is 2.15. The lowest BCUT2D eigenvalue weighted by atomic mass is 9.80. The molecule has 20 heavy (non-hydrogen) atoms. The first-order valence-corrected chi connectivity index (χ1v) is 6.79. The fraction of sp³-hybridized carbons (Fsp3) is 0.429. The molecule has 0 aliphatic carbocycles. The van der Waals surface area contributed by atoms with Gasteiger partial charge in [0.05, 0.1) is 4.99 Å². The van der Waals surface area contributed by atoms with Gasteiger partial charge >= 0.3 is 0 Å². The minimum atomic E-state index is -0.835. The Morgan fingerprint density at radius 3 is 2.25 bits per heavy atom. The molecule has 1 saturated heterocycles. The maximum Gasteiger partial charge on any atom is 0.259 e. The normalized spacial score (nSPS) is 17.9. The summed E-state index contributed by atoms with van der Waals surface area (Å²) in [6.45, 7) is 2.72. The van der Waals surface area contributed by atoms with Crippen molar-refractivity contribution in [3.05, 3.63) is 35.4 Å². The van der Waals surface area contributed by atoms with Crippen LogP contribution in [0.25, 0.3) is 0 Å². The van der Waals surface area contributed by atoms with Crippen LogP contribution in [-0.4, -0.2) is 28.9 Å². The van der Waals surface area contributed by atoms with E-state index >= 15 is 0 Å². The molecule has 1 heterocycles. The minimum Gasteiger partial charge on any atom is -0.393 e. The van der Waals surface area contributed by atoms with Gasteiger partial charge in [-0.05, 0) is 25.0 Å². The summed E-state index contributed by atoms with van der Waals surface area (Å²) in [4.78, 5) is 14.1. The summed E-state index contributed by atoms with van der Waals surface area (Å²) in [6, 6.07) is 3.40. The van der Waals surface area contributed by atoms with Crippen LogP contribution in [0, 0.1) is 17.0 Å². The summed E-state index contributed by atoms with van der Waals surface area (Å²) >= 11 is 5.02. The first kappa shape index (κ1) is 14.8. The molecule has 2 rings (SSSR count). The van der Waals surface area contributed by atoms with Crippen molar-refractivity contribution < 1.29 is 13.6 Å². The highest BCUT2D eigenvalue weighted by atomic mass is 32.1. The molecule has 0 unspecified atom stereocenters. The van der Waals surface area contributed by atoms with E-state index in [-0.39, 0.29) is 5.41 Å². The molecule has 1 aromatic rings. The topological polar surface area (TPSA) is 46.3 Å². The van der Waals surface area contributed by atoms with E-state index in [0.717, 1.165) is 12.1 Å². The van der Waals surface area contributed by atoms with Gasteiger partial charge in [-0.15, -0.1) is 0 Å². The third-order valence-corrected chi connectivity index (χ3v) is 4.42. The fourth-order valence-corrected chi connectivity index (χ4v) is 2.51. The maximum absolute atomic E-state index is 13.6. The molecule has 6 heteroatoms. The van der Waals surface area contributed by atoms with Crippen LogP contribution in [0.15, 0.2) is 18.2 Å². The second-order valence-electron chi connectivity index (χ2n) is 5.31. The molecule has 0 saturated carbocycles. The molecular weight excluding hydrogens is 282 g/mol. The average Bonchev–Trinajstić information content (AvgIpc) is 2.39. The zero-order valence-electron chi connectivity index (χ0n) is 11.2. The number of nitrogens with zero attached hydrogens (tertiary/aromatic N) is 1. The molecule has 1 amide bonds. The Hall–Kier alpha value is -1.56. The highest BCUT2D eigenvalue weighted by Gasteiger charge is 2.35. The van der Waals surface area contributed by atoms with Crippen molar-refractivity contribution in [2.24, 2.45) is 11.1 Å². The molecule has 1 aliphatic rings. The molecular formula is C14H16F2N2OS. The van der Waals surface area contributed by atoms with Crippen LogP contribution in [0.4, 0.5) is 8.78 Å². The summed E-state index contributed by atoms with van der Waals surface area (Å²) < 4.78 is 27.2. The second-order valence-corrected chi connectivity index (χ2v) is 5.75. The molecule has 0 aromatic heterocycles. The molecule has 0 bridgehead atoms. The van der Waals surface area contributed by atoms with Gasteiger partial charge in [0.2, 0.25) is 0 Å². The van der Waals surface area contributed by atoms with E-state index in [9.17, 15) is 13.6 Å². The lowest BCUT2D eigenvalue weighted by molar-refractivity contribution is 0.0660. The van der Waals surface area contributed by atoms with Crippen LogP contribution in [-0.2, 0) is 0 Å². The number of piperidine rings is 1. The predicted octanol–water partition coefficient (Wildman–Crippen LogP) is 2.49. The number of nitrogens with two attached hydrogens (primary N) is 1. The molecule has 1 fully saturated rings. The Kier molecular flexibility index (Phi) is 4.04. The van der Waals surface area contributed by atoms with Gasteiger partial charge < -0.3 is 10.6 Å². The summed E-state index contributed by atoms with van der Waals surface area (Å²) in [5.41, 5.74) is 4.90. The number of hydrogen-bond acceptors (Lipinski definition) is 2. The number of thiocarbonyl (C=S) groups is 1. The molecule has 108 valence electrons. The summed E-state index contributed by atoms with van der Waals surface area (Å²) in [5.74, 6) is -2.29. The zero-order valence-corrected chi connectivity index (χ0v) is 12.0. The number of likely N-dealkylation sites (tertiary alicyclic amines) is 1. The van der Waals surface area contributed by atoms with Crippen molar-refractivity contribution in [1.82, 2.24) is 4.90 Å². The van der Waals surface area contributed by atoms with Crippen molar-refractivity contribution in [3.8, 4) is 0 Å². The van der Waals surface area contributed by atoms with Crippen molar-refractivity contribution >= 4 is 23.1 Å². The SMILES string of the molecule is CC1(C(N)=S)CCN(C(=O)c2c(F)cccc2F)CC1. The van der Waals surface area contributed by atoms with Crippen LogP contribution in [0.3, 0.4) is 0 Å². The number of benzene rings is 1. The van der Waals surface area contributed by atoms with Gasteiger partial charge in [0.1, 0.15) is 17.2 Å². The fourth-order valence-electron chi connectivity index (χ4n) is 2.31. The first-order valence-electron chi connectivity index (χ1n) is 6.38. The second kappa shape index (κ2) is 5.44. The molecule has 0 atom stereocenters. The maximum atomic E-state index is 13.6. The average molecular weight is 298 g/mol. The molecule has 1 aliphatic heterocycles. The number of carbonyl (C=O) groups is 1. The quantitative estimate of drug-likeness (QED) is 0.853. The predicted molar refractivity (Wildman–Crippen MR) is 76.4 cm³/mol. The van der Waals surface area contributed by atoms with Crippen LogP contribution in [0.1, 0.15) is 30.1 Å². The Bertz CT molecular complexity index is 534. The van der Waals surface area contributed by atoms with Crippen LogP contribution in [0.5, 0.6) is 0 Å². The summed E-state index contributed by atoms with van der Waals surface area (Å²) in [6.07, 6.45) is 1.20. The van der Waals surface area contributed by atoms with E-state index < -0.39 is 23.1 Å². The number of hydrogen-bond donors (Lipinski definition) is 1. The van der Waals surface area contributed by atoms with E-state index in [1.54, 1.807) is 0 Å². The standard InChI is InChI=1S/C14H16F2N2OS/c1-14(13(17)20)5-7-18(8-6-14)12(19)11-9(15)3-2-4-10(11)16/h2-4H,5-8H2,1H3,(H2,17,20). The molecule has 1 aromatic carbocycles. The minimum absolute atomic E-state index is 0.292. The number of carbonyl (C=O) groups excluding carboxylic acids is 1. The Morgan fingerprint density at radius 2 is 1.80 bits per heavy atom. The van der Waals surface area contributed by atoms with E-state index in [4.69, 9.17) is 18.0 Å². The molecule has 2 N–H and O–H groups in total. The third kappa shape index (κ3) is 2.65. The smallest absolute Gasteiger partial charge is 0.259 e. The van der Waals surface area contributed by atoms with Crippen molar-refractivity contribution in [2.75, 3.05) is 13.1 Å². The summed E-state index contributed by atoms with van der Waals surface area (Å²) in [5, 5.41) is 0. The van der Waals surface area contributed by atoms with Gasteiger partial charge in [-0.25, -0.2) is 8.78 Å². The zero-order chi connectivity index (χ0) is 14.9. The largest absolute Gasteiger partial charge is 0.393 e. The Labute approximate surface area is 121 Å². The lowest BCUT2D eigenvalue weighted by Gasteiger charge is -2.38. The number of rotatable bonds is 2. The van der Waals surface area contributed by atoms with E-state index in [1.165, 1.54) is 11.0 Å². The van der Waals surface area contributed by atoms with Gasteiger partial charge in [-0.2, -0.15) is 0 Å². The molecule has 0 radical (unpaired) electrons. The van der Waals surface area contributed by atoms with Crippen molar-refractivity contribution in [1.29, 1.82) is 0 Å².